The number of benzene rings is 1. The second-order valence-corrected chi connectivity index (χ2v) is 6.53. The van der Waals surface area contributed by atoms with Crippen molar-refractivity contribution in [3.05, 3.63) is 35.9 Å². The first-order valence-electron chi connectivity index (χ1n) is 8.48. The Morgan fingerprint density at radius 1 is 1.24 bits per heavy atom. The lowest BCUT2D eigenvalue weighted by atomic mass is 10.1. The quantitative estimate of drug-likeness (QED) is 0.784. The average molecular weight is 343 g/mol. The van der Waals surface area contributed by atoms with E-state index in [-0.39, 0.29) is 24.5 Å². The highest BCUT2D eigenvalue weighted by atomic mass is 16.4. The summed E-state index contributed by atoms with van der Waals surface area (Å²) in [5.74, 6) is -1.30. The Hall–Kier alpha value is -2.70. The Labute approximate surface area is 145 Å². The fourth-order valence-electron chi connectivity index (χ4n) is 2.79. The van der Waals surface area contributed by atoms with Gasteiger partial charge in [-0.25, -0.2) is 9.80 Å². The molecule has 1 aromatic rings. The molecule has 0 radical (unpaired) electrons. The third-order valence-corrected chi connectivity index (χ3v) is 4.41. The van der Waals surface area contributed by atoms with Crippen LogP contribution in [0.15, 0.2) is 35.4 Å². The van der Waals surface area contributed by atoms with E-state index in [1.807, 2.05) is 30.3 Å². The molecule has 25 heavy (non-hydrogen) atoms. The van der Waals surface area contributed by atoms with E-state index in [2.05, 4.69) is 10.4 Å². The van der Waals surface area contributed by atoms with Gasteiger partial charge in [0.15, 0.2) is 0 Å². The molecule has 1 aromatic carbocycles. The average Bonchev–Trinajstić information content (AvgIpc) is 3.41. The standard InChI is InChI=1S/C18H21N3O4/c22-16-9-8-14(20-21(16)11-13-4-2-1-3-5-13)17(23)19-15(18(24)25)10-12-6-7-12/h1-5,12,15H,6-11H2,(H,19,23)(H,24,25). The minimum atomic E-state index is -1.03. The van der Waals surface area contributed by atoms with Crippen LogP contribution in [0.25, 0.3) is 0 Å². The normalized spacial score (nSPS) is 18.5. The summed E-state index contributed by atoms with van der Waals surface area (Å²) in [5.41, 5.74) is 1.12. The van der Waals surface area contributed by atoms with Crippen molar-refractivity contribution in [3.8, 4) is 0 Å². The van der Waals surface area contributed by atoms with Crippen LogP contribution >= 0.6 is 0 Å². The van der Waals surface area contributed by atoms with Crippen LogP contribution in [0.4, 0.5) is 0 Å². The zero-order chi connectivity index (χ0) is 17.8. The molecular weight excluding hydrogens is 322 g/mol. The van der Waals surface area contributed by atoms with E-state index < -0.39 is 17.9 Å². The van der Waals surface area contributed by atoms with Crippen LogP contribution < -0.4 is 5.32 Å². The second kappa shape index (κ2) is 7.46. The lowest BCUT2D eigenvalue weighted by Crippen LogP contribution is -2.46. The summed E-state index contributed by atoms with van der Waals surface area (Å²) in [7, 11) is 0. The van der Waals surface area contributed by atoms with Crippen molar-refractivity contribution in [2.24, 2.45) is 11.0 Å². The molecular formula is C18H21N3O4. The molecule has 0 spiro atoms. The van der Waals surface area contributed by atoms with Gasteiger partial charge in [-0.2, -0.15) is 5.10 Å². The van der Waals surface area contributed by atoms with Gasteiger partial charge in [-0.3, -0.25) is 9.59 Å². The van der Waals surface area contributed by atoms with Crippen molar-refractivity contribution in [2.75, 3.05) is 0 Å². The smallest absolute Gasteiger partial charge is 0.326 e. The monoisotopic (exact) mass is 343 g/mol. The van der Waals surface area contributed by atoms with Gasteiger partial charge in [-0.05, 0) is 17.9 Å². The Balaban J connectivity index is 1.67. The summed E-state index contributed by atoms with van der Waals surface area (Å²) in [5, 5.41) is 17.3. The van der Waals surface area contributed by atoms with Gasteiger partial charge < -0.3 is 10.4 Å². The molecule has 0 aromatic heterocycles. The molecule has 1 fully saturated rings. The fraction of sp³-hybridized carbons (Fsp3) is 0.444. The number of hydrazone groups is 1. The molecule has 1 aliphatic carbocycles. The summed E-state index contributed by atoms with van der Waals surface area (Å²) in [6, 6.07) is 8.49. The number of aliphatic carboxylic acids is 1. The Bertz CT molecular complexity index is 698. The predicted molar refractivity (Wildman–Crippen MR) is 90.6 cm³/mol. The van der Waals surface area contributed by atoms with E-state index in [4.69, 9.17) is 0 Å². The van der Waals surface area contributed by atoms with Crippen LogP contribution in [0.3, 0.4) is 0 Å². The van der Waals surface area contributed by atoms with Gasteiger partial charge in [-0.15, -0.1) is 0 Å². The molecule has 2 aliphatic rings. The van der Waals surface area contributed by atoms with Gasteiger partial charge in [0.2, 0.25) is 5.91 Å². The van der Waals surface area contributed by atoms with Crippen LogP contribution in [0.2, 0.25) is 0 Å². The van der Waals surface area contributed by atoms with Crippen molar-refractivity contribution in [3.63, 3.8) is 0 Å². The van der Waals surface area contributed by atoms with Crippen LogP contribution in [-0.4, -0.2) is 39.7 Å². The molecule has 1 unspecified atom stereocenters. The zero-order valence-corrected chi connectivity index (χ0v) is 13.9. The maximum Gasteiger partial charge on any atom is 0.326 e. The SMILES string of the molecule is O=C(NC(CC1CC1)C(=O)O)C1=NN(Cc2ccccc2)C(=O)CC1. The van der Waals surface area contributed by atoms with Crippen molar-refractivity contribution in [2.45, 2.75) is 44.7 Å². The van der Waals surface area contributed by atoms with Crippen LogP contribution in [-0.2, 0) is 20.9 Å². The number of hydrogen-bond acceptors (Lipinski definition) is 4. The number of carbonyl (C=O) groups is 3. The molecule has 1 saturated carbocycles. The number of hydrogen-bond donors (Lipinski definition) is 2. The zero-order valence-electron chi connectivity index (χ0n) is 13.9. The first-order valence-corrected chi connectivity index (χ1v) is 8.48. The van der Waals surface area contributed by atoms with Gasteiger partial charge in [0.1, 0.15) is 11.8 Å². The first-order chi connectivity index (χ1) is 12.0. The molecule has 1 heterocycles. The summed E-state index contributed by atoms with van der Waals surface area (Å²) >= 11 is 0. The second-order valence-electron chi connectivity index (χ2n) is 6.53. The van der Waals surface area contributed by atoms with Gasteiger partial charge in [0.25, 0.3) is 5.91 Å². The lowest BCUT2D eigenvalue weighted by Gasteiger charge is -2.24. The van der Waals surface area contributed by atoms with Crippen LogP contribution in [0.1, 0.15) is 37.7 Å². The summed E-state index contributed by atoms with van der Waals surface area (Å²) in [6.07, 6.45) is 2.89. The molecule has 3 rings (SSSR count). The lowest BCUT2D eigenvalue weighted by molar-refractivity contribution is -0.141. The Kier molecular flexibility index (Phi) is 5.11. The van der Waals surface area contributed by atoms with Crippen molar-refractivity contribution < 1.29 is 19.5 Å². The summed E-state index contributed by atoms with van der Waals surface area (Å²) in [6.45, 7) is 0.293. The van der Waals surface area contributed by atoms with Crippen LogP contribution in [0, 0.1) is 5.92 Å². The molecule has 0 bridgehead atoms. The number of rotatable bonds is 7. The van der Waals surface area contributed by atoms with E-state index >= 15 is 0 Å². The molecule has 7 nitrogen and oxygen atoms in total. The molecule has 1 atom stereocenters. The molecule has 2 N–H and O–H groups in total. The number of carbonyl (C=O) groups excluding carboxylic acids is 2. The number of carboxylic acids is 1. The predicted octanol–water partition coefficient (Wildman–Crippen LogP) is 1.53. The Morgan fingerprint density at radius 3 is 2.60 bits per heavy atom. The molecule has 7 heteroatoms. The molecule has 1 aliphatic heterocycles. The number of nitrogens with zero attached hydrogens (tertiary/aromatic N) is 2. The van der Waals surface area contributed by atoms with E-state index in [0.717, 1.165) is 18.4 Å². The summed E-state index contributed by atoms with van der Waals surface area (Å²) < 4.78 is 0. The summed E-state index contributed by atoms with van der Waals surface area (Å²) in [4.78, 5) is 35.7. The number of nitrogens with one attached hydrogen (secondary N) is 1. The third-order valence-electron chi connectivity index (χ3n) is 4.41. The van der Waals surface area contributed by atoms with Crippen LogP contribution in [0.5, 0.6) is 0 Å². The molecule has 132 valence electrons. The van der Waals surface area contributed by atoms with E-state index in [9.17, 15) is 19.5 Å². The fourth-order valence-corrected chi connectivity index (χ4v) is 2.79. The van der Waals surface area contributed by atoms with Gasteiger partial charge in [-0.1, -0.05) is 43.2 Å². The third kappa shape index (κ3) is 4.65. The highest BCUT2D eigenvalue weighted by Crippen LogP contribution is 2.33. The highest BCUT2D eigenvalue weighted by Gasteiger charge is 2.32. The van der Waals surface area contributed by atoms with E-state index in [0.29, 0.717) is 18.9 Å². The van der Waals surface area contributed by atoms with E-state index in [1.54, 1.807) is 0 Å². The highest BCUT2D eigenvalue weighted by molar-refractivity contribution is 6.39. The van der Waals surface area contributed by atoms with Crippen molar-refractivity contribution in [1.82, 2.24) is 10.3 Å². The van der Waals surface area contributed by atoms with Gasteiger partial charge in [0.05, 0.1) is 6.54 Å². The number of amides is 2. The maximum atomic E-state index is 12.4. The van der Waals surface area contributed by atoms with Crippen molar-refractivity contribution in [1.29, 1.82) is 0 Å². The molecule has 0 saturated heterocycles. The molecule has 2 amide bonds. The topological polar surface area (TPSA) is 99.1 Å². The largest absolute Gasteiger partial charge is 0.480 e. The minimum absolute atomic E-state index is 0.145. The number of carboxylic acid groups (broad SMARTS) is 1. The first kappa shape index (κ1) is 17.1. The van der Waals surface area contributed by atoms with E-state index in [1.165, 1.54) is 5.01 Å². The van der Waals surface area contributed by atoms with Crippen molar-refractivity contribution >= 4 is 23.5 Å². The van der Waals surface area contributed by atoms with Gasteiger partial charge in [0, 0.05) is 12.8 Å². The Morgan fingerprint density at radius 2 is 1.96 bits per heavy atom. The maximum absolute atomic E-state index is 12.4. The minimum Gasteiger partial charge on any atom is -0.480 e. The van der Waals surface area contributed by atoms with Gasteiger partial charge >= 0.3 is 5.97 Å².